The summed E-state index contributed by atoms with van der Waals surface area (Å²) in [5, 5.41) is 0. The molecule has 1 saturated heterocycles. The largest absolute Gasteiger partial charge is 0.343 e. The Morgan fingerprint density at radius 2 is 1.40 bits per heavy atom. The van der Waals surface area contributed by atoms with Crippen LogP contribution < -0.4 is 0 Å². The smallest absolute Gasteiger partial charge is 0.337 e. The van der Waals surface area contributed by atoms with Crippen LogP contribution in [0.1, 0.15) is 38.8 Å². The Balaban J connectivity index is 1.93. The second-order valence-electron chi connectivity index (χ2n) is 8.45. The molecule has 1 aliphatic heterocycles. The molecule has 0 N–H and O–H groups in total. The molecule has 162 valence electrons. The second kappa shape index (κ2) is 9.91. The number of benzene rings is 2. The summed E-state index contributed by atoms with van der Waals surface area (Å²) < 4.78 is 25.7. The predicted molar refractivity (Wildman–Crippen MR) is 119 cm³/mol. The number of carbonyl (C=O) groups is 1. The fourth-order valence-electron chi connectivity index (χ4n) is 4.04. The van der Waals surface area contributed by atoms with Gasteiger partial charge in [-0.3, -0.25) is 9.36 Å². The molecule has 0 aromatic heterocycles. The van der Waals surface area contributed by atoms with Gasteiger partial charge in [-0.05, 0) is 45.2 Å². The fourth-order valence-corrected chi connectivity index (χ4v) is 6.68. The minimum atomic E-state index is -3.66. The lowest BCUT2D eigenvalue weighted by atomic mass is 9.98. The van der Waals surface area contributed by atoms with Crippen molar-refractivity contribution in [3.05, 3.63) is 71.8 Å². The van der Waals surface area contributed by atoms with E-state index in [1.165, 1.54) is 0 Å². The highest BCUT2D eigenvalue weighted by Crippen LogP contribution is 2.60. The van der Waals surface area contributed by atoms with Crippen molar-refractivity contribution >= 4 is 13.5 Å². The van der Waals surface area contributed by atoms with E-state index in [1.807, 2.05) is 88.4 Å². The van der Waals surface area contributed by atoms with Gasteiger partial charge in [0.1, 0.15) is 5.66 Å². The molecule has 0 aliphatic carbocycles. The molecule has 2 aromatic carbocycles. The van der Waals surface area contributed by atoms with E-state index >= 15 is 0 Å². The third-order valence-electron chi connectivity index (χ3n) is 5.08. The van der Waals surface area contributed by atoms with Gasteiger partial charge >= 0.3 is 7.60 Å². The molecule has 0 saturated carbocycles. The lowest BCUT2D eigenvalue weighted by molar-refractivity contribution is -0.128. The van der Waals surface area contributed by atoms with E-state index in [4.69, 9.17) is 9.05 Å². The van der Waals surface area contributed by atoms with E-state index in [0.717, 1.165) is 11.1 Å². The monoisotopic (exact) mass is 429 g/mol. The first-order chi connectivity index (χ1) is 14.3. The zero-order valence-corrected chi connectivity index (χ0v) is 19.1. The molecule has 5 nitrogen and oxygen atoms in total. The standard InChI is InChI=1S/C24H32NO4P/c1-18(2)28-30(27,29-19(3)4)23-22(15-20-11-7-5-8-12-20)17-25(24(23)26)16-21-13-9-6-10-14-21/h5-14,18-19,22-23H,15-17H2,1-4H3/t22-,23+/m1/s1. The lowest BCUT2D eigenvalue weighted by Gasteiger charge is -2.29. The molecule has 2 atom stereocenters. The van der Waals surface area contributed by atoms with Crippen molar-refractivity contribution in [2.75, 3.05) is 6.54 Å². The molecule has 30 heavy (non-hydrogen) atoms. The number of rotatable bonds is 9. The first-order valence-electron chi connectivity index (χ1n) is 10.6. The maximum absolute atomic E-state index is 14.0. The van der Waals surface area contributed by atoms with Crippen molar-refractivity contribution in [2.45, 2.75) is 58.5 Å². The highest BCUT2D eigenvalue weighted by atomic mass is 31.2. The molecule has 1 heterocycles. The van der Waals surface area contributed by atoms with E-state index in [2.05, 4.69) is 0 Å². The van der Waals surface area contributed by atoms with E-state index in [9.17, 15) is 9.36 Å². The number of nitrogens with zero attached hydrogens (tertiary/aromatic N) is 1. The Labute approximate surface area is 179 Å². The number of carbonyl (C=O) groups excluding carboxylic acids is 1. The SMILES string of the molecule is CC(C)OP(=O)(OC(C)C)[C@@H]1C(=O)N(Cc2ccccc2)C[C@H]1Cc1ccccc1. The van der Waals surface area contributed by atoms with Crippen molar-refractivity contribution in [3.8, 4) is 0 Å². The molecule has 1 amide bonds. The van der Waals surface area contributed by atoms with Gasteiger partial charge in [-0.2, -0.15) is 0 Å². The molecule has 0 spiro atoms. The van der Waals surface area contributed by atoms with Gasteiger partial charge in [0.15, 0.2) is 0 Å². The molecule has 0 radical (unpaired) electrons. The fraction of sp³-hybridized carbons (Fsp3) is 0.458. The summed E-state index contributed by atoms with van der Waals surface area (Å²) in [5.41, 5.74) is 1.36. The van der Waals surface area contributed by atoms with Gasteiger partial charge in [-0.25, -0.2) is 0 Å². The number of hydrogen-bond acceptors (Lipinski definition) is 4. The van der Waals surface area contributed by atoms with Crippen LogP contribution >= 0.6 is 7.60 Å². The molecule has 1 aliphatic rings. The highest BCUT2D eigenvalue weighted by molar-refractivity contribution is 7.55. The Kier molecular flexibility index (Phi) is 7.51. The lowest BCUT2D eigenvalue weighted by Crippen LogP contribution is -2.32. The number of likely N-dealkylation sites (tertiary alicyclic amines) is 1. The topological polar surface area (TPSA) is 55.8 Å². The van der Waals surface area contributed by atoms with Gasteiger partial charge in [-0.15, -0.1) is 0 Å². The quantitative estimate of drug-likeness (QED) is 0.508. The normalized spacial score (nSPS) is 19.8. The molecule has 1 fully saturated rings. The highest BCUT2D eigenvalue weighted by Gasteiger charge is 2.53. The predicted octanol–water partition coefficient (Wildman–Crippen LogP) is 5.30. The Morgan fingerprint density at radius 3 is 1.90 bits per heavy atom. The van der Waals surface area contributed by atoms with Crippen LogP contribution in [0, 0.1) is 5.92 Å². The molecule has 0 unspecified atom stereocenters. The van der Waals surface area contributed by atoms with Crippen molar-refractivity contribution in [1.29, 1.82) is 0 Å². The first-order valence-corrected chi connectivity index (χ1v) is 12.2. The average Bonchev–Trinajstić information content (AvgIpc) is 2.97. The Hall–Kier alpha value is -1.94. The molecule has 3 rings (SSSR count). The Bertz CT molecular complexity index is 855. The molecular formula is C24H32NO4P. The maximum Gasteiger partial charge on any atom is 0.343 e. The summed E-state index contributed by atoms with van der Waals surface area (Å²) in [7, 11) is -3.66. The van der Waals surface area contributed by atoms with Crippen LogP contribution in [0.3, 0.4) is 0 Å². The number of hydrogen-bond donors (Lipinski definition) is 0. The number of amides is 1. The van der Waals surface area contributed by atoms with Crippen LogP contribution in [0.15, 0.2) is 60.7 Å². The molecule has 2 aromatic rings. The van der Waals surface area contributed by atoms with Crippen molar-refractivity contribution in [3.63, 3.8) is 0 Å². The summed E-state index contributed by atoms with van der Waals surface area (Å²) >= 11 is 0. The van der Waals surface area contributed by atoms with Gasteiger partial charge < -0.3 is 13.9 Å². The maximum atomic E-state index is 14.0. The van der Waals surface area contributed by atoms with Crippen LogP contribution in [0.4, 0.5) is 0 Å². The van der Waals surface area contributed by atoms with E-state index in [0.29, 0.717) is 19.5 Å². The third kappa shape index (κ3) is 5.60. The summed E-state index contributed by atoms with van der Waals surface area (Å²) in [6.45, 7) is 8.31. The van der Waals surface area contributed by atoms with Crippen LogP contribution in [0.5, 0.6) is 0 Å². The van der Waals surface area contributed by atoms with Gasteiger partial charge in [0.2, 0.25) is 5.91 Å². The van der Waals surface area contributed by atoms with E-state index in [1.54, 1.807) is 4.90 Å². The van der Waals surface area contributed by atoms with Crippen molar-refractivity contribution in [2.24, 2.45) is 5.92 Å². The van der Waals surface area contributed by atoms with Crippen LogP contribution in [-0.4, -0.2) is 35.2 Å². The zero-order chi connectivity index (χ0) is 21.7. The minimum Gasteiger partial charge on any atom is -0.337 e. The molecule has 0 bridgehead atoms. The van der Waals surface area contributed by atoms with Gasteiger partial charge in [-0.1, -0.05) is 60.7 Å². The van der Waals surface area contributed by atoms with Crippen molar-refractivity contribution < 1.29 is 18.4 Å². The summed E-state index contributed by atoms with van der Waals surface area (Å²) in [6, 6.07) is 19.9. The third-order valence-corrected chi connectivity index (χ3v) is 7.83. The summed E-state index contributed by atoms with van der Waals surface area (Å²) in [6.07, 6.45) is 0.0426. The van der Waals surface area contributed by atoms with Gasteiger partial charge in [0.05, 0.1) is 12.2 Å². The van der Waals surface area contributed by atoms with Crippen LogP contribution in [0.2, 0.25) is 0 Å². The van der Waals surface area contributed by atoms with E-state index in [-0.39, 0.29) is 24.0 Å². The van der Waals surface area contributed by atoms with Crippen LogP contribution in [0.25, 0.3) is 0 Å². The average molecular weight is 429 g/mol. The zero-order valence-electron chi connectivity index (χ0n) is 18.2. The Morgan fingerprint density at radius 1 is 0.900 bits per heavy atom. The van der Waals surface area contributed by atoms with E-state index < -0.39 is 13.3 Å². The molecular weight excluding hydrogens is 397 g/mol. The minimum absolute atomic E-state index is 0.146. The van der Waals surface area contributed by atoms with Gasteiger partial charge in [0.25, 0.3) is 0 Å². The van der Waals surface area contributed by atoms with Crippen molar-refractivity contribution in [1.82, 2.24) is 4.90 Å². The first kappa shape index (κ1) is 22.7. The summed E-state index contributed by atoms with van der Waals surface area (Å²) in [5.74, 6) is -0.295. The van der Waals surface area contributed by atoms with Crippen LogP contribution in [-0.2, 0) is 31.4 Å². The second-order valence-corrected chi connectivity index (χ2v) is 10.5. The summed E-state index contributed by atoms with van der Waals surface area (Å²) in [4.78, 5) is 15.3. The molecule has 6 heteroatoms. The van der Waals surface area contributed by atoms with Gasteiger partial charge in [0, 0.05) is 19.0 Å².